The van der Waals surface area contributed by atoms with Crippen LogP contribution in [0.4, 0.5) is 0 Å². The van der Waals surface area contributed by atoms with Crippen LogP contribution in [-0.2, 0) is 14.9 Å². The average molecular weight is 347 g/mol. The second kappa shape index (κ2) is 9.50. The Bertz CT molecular complexity index is 429. The van der Waals surface area contributed by atoms with Crippen LogP contribution in [0.3, 0.4) is 0 Å². The summed E-state index contributed by atoms with van der Waals surface area (Å²) in [4.78, 5) is 13.5. The average Bonchev–Trinajstić information content (AvgIpc) is 3.06. The lowest BCUT2D eigenvalue weighted by molar-refractivity contribution is -0.123. The molecular formula is C16H27ClN2O2S. The standard InChI is InChI=1S/C16H26N2O2S.ClH/c1-20-13(11-17)10-15(19)18-12-16(7-3-2-4-8-16)14-6-5-9-21-14;/h5-6,9,13H,2-4,7-8,10-12,17H2,1H3,(H,18,19);1H. The van der Waals surface area contributed by atoms with Crippen molar-refractivity contribution in [3.8, 4) is 0 Å². The zero-order chi connectivity index (χ0) is 15.1. The summed E-state index contributed by atoms with van der Waals surface area (Å²) in [5.74, 6) is 0.0359. The molecule has 1 aliphatic rings. The summed E-state index contributed by atoms with van der Waals surface area (Å²) in [7, 11) is 1.60. The number of rotatable bonds is 7. The van der Waals surface area contributed by atoms with Crippen molar-refractivity contribution >= 4 is 29.7 Å². The van der Waals surface area contributed by atoms with Crippen LogP contribution < -0.4 is 11.1 Å². The van der Waals surface area contributed by atoms with E-state index in [0.29, 0.717) is 13.0 Å². The number of nitrogens with one attached hydrogen (secondary N) is 1. The first-order valence-electron chi connectivity index (χ1n) is 7.74. The largest absolute Gasteiger partial charge is 0.380 e. The van der Waals surface area contributed by atoms with Crippen LogP contribution >= 0.6 is 23.7 Å². The van der Waals surface area contributed by atoms with Crippen LogP contribution in [0.5, 0.6) is 0 Å². The highest BCUT2D eigenvalue weighted by Crippen LogP contribution is 2.41. The van der Waals surface area contributed by atoms with E-state index in [9.17, 15) is 4.79 Å². The molecule has 2 rings (SSSR count). The first-order valence-corrected chi connectivity index (χ1v) is 8.62. The molecule has 1 aromatic heterocycles. The molecule has 1 atom stereocenters. The number of ether oxygens (including phenoxy) is 1. The predicted molar refractivity (Wildman–Crippen MR) is 93.8 cm³/mol. The number of carbonyl (C=O) groups excluding carboxylic acids is 1. The van der Waals surface area contributed by atoms with E-state index in [1.165, 1.54) is 37.0 Å². The highest BCUT2D eigenvalue weighted by molar-refractivity contribution is 7.10. The Morgan fingerprint density at radius 1 is 1.45 bits per heavy atom. The maximum Gasteiger partial charge on any atom is 0.222 e. The number of methoxy groups -OCH3 is 1. The van der Waals surface area contributed by atoms with Gasteiger partial charge in [0.1, 0.15) is 0 Å². The molecule has 1 saturated carbocycles. The third kappa shape index (κ3) is 4.95. The van der Waals surface area contributed by atoms with Crippen molar-refractivity contribution in [1.82, 2.24) is 5.32 Å². The Morgan fingerprint density at radius 3 is 2.73 bits per heavy atom. The van der Waals surface area contributed by atoms with Crippen LogP contribution in [0.25, 0.3) is 0 Å². The Labute approximate surface area is 143 Å². The highest BCUT2D eigenvalue weighted by atomic mass is 35.5. The molecule has 6 heteroatoms. The zero-order valence-corrected chi connectivity index (χ0v) is 14.8. The molecule has 4 nitrogen and oxygen atoms in total. The number of halogens is 1. The molecule has 0 radical (unpaired) electrons. The number of nitrogens with two attached hydrogens (primary N) is 1. The Balaban J connectivity index is 0.00000242. The van der Waals surface area contributed by atoms with Gasteiger partial charge in [0.05, 0.1) is 12.5 Å². The van der Waals surface area contributed by atoms with Crippen molar-refractivity contribution in [3.63, 3.8) is 0 Å². The Morgan fingerprint density at radius 2 is 2.18 bits per heavy atom. The van der Waals surface area contributed by atoms with E-state index in [2.05, 4.69) is 22.8 Å². The zero-order valence-electron chi connectivity index (χ0n) is 13.2. The van der Waals surface area contributed by atoms with E-state index in [1.807, 2.05) is 0 Å². The predicted octanol–water partition coefficient (Wildman–Crippen LogP) is 2.85. The topological polar surface area (TPSA) is 64.3 Å². The maximum absolute atomic E-state index is 12.1. The quantitative estimate of drug-likeness (QED) is 0.797. The first kappa shape index (κ1) is 19.4. The van der Waals surface area contributed by atoms with Gasteiger partial charge >= 0.3 is 0 Å². The van der Waals surface area contributed by atoms with Crippen LogP contribution in [0.2, 0.25) is 0 Å². The molecule has 1 amide bonds. The van der Waals surface area contributed by atoms with Crippen molar-refractivity contribution in [3.05, 3.63) is 22.4 Å². The summed E-state index contributed by atoms with van der Waals surface area (Å²) in [5.41, 5.74) is 5.70. The fraction of sp³-hybridized carbons (Fsp3) is 0.688. The maximum atomic E-state index is 12.1. The van der Waals surface area contributed by atoms with Crippen molar-refractivity contribution in [2.45, 2.75) is 50.0 Å². The van der Waals surface area contributed by atoms with E-state index < -0.39 is 0 Å². The molecule has 1 unspecified atom stereocenters. The van der Waals surface area contributed by atoms with E-state index in [1.54, 1.807) is 18.4 Å². The molecule has 1 heterocycles. The van der Waals surface area contributed by atoms with E-state index >= 15 is 0 Å². The summed E-state index contributed by atoms with van der Waals surface area (Å²) >= 11 is 1.81. The van der Waals surface area contributed by atoms with Crippen molar-refractivity contribution in [2.24, 2.45) is 5.73 Å². The number of thiophene rings is 1. The summed E-state index contributed by atoms with van der Waals surface area (Å²) in [5, 5.41) is 5.24. The van der Waals surface area contributed by atoms with Crippen molar-refractivity contribution < 1.29 is 9.53 Å². The number of hydrogen-bond donors (Lipinski definition) is 2. The SMILES string of the molecule is COC(CN)CC(=O)NCC1(c2cccs2)CCCCC1.Cl. The molecule has 0 bridgehead atoms. The normalized spacial score (nSPS) is 18.3. The van der Waals surface area contributed by atoms with Gasteiger partial charge in [-0.1, -0.05) is 25.3 Å². The van der Waals surface area contributed by atoms with Gasteiger partial charge in [0.25, 0.3) is 0 Å². The third-order valence-corrected chi connectivity index (χ3v) is 5.60. The molecule has 3 N–H and O–H groups in total. The molecule has 1 aliphatic carbocycles. The minimum atomic E-state index is -0.186. The lowest BCUT2D eigenvalue weighted by Gasteiger charge is -2.37. The van der Waals surface area contributed by atoms with Gasteiger partial charge in [-0.3, -0.25) is 4.79 Å². The van der Waals surface area contributed by atoms with E-state index in [0.717, 1.165) is 6.54 Å². The van der Waals surface area contributed by atoms with Gasteiger partial charge in [-0.25, -0.2) is 0 Å². The Kier molecular flexibility index (Phi) is 8.39. The van der Waals surface area contributed by atoms with Crippen molar-refractivity contribution in [1.29, 1.82) is 0 Å². The van der Waals surface area contributed by atoms with Gasteiger partial charge in [0, 0.05) is 30.5 Å². The minimum Gasteiger partial charge on any atom is -0.380 e. The fourth-order valence-corrected chi connectivity index (χ4v) is 4.12. The third-order valence-electron chi connectivity index (χ3n) is 4.49. The molecular weight excluding hydrogens is 320 g/mol. The molecule has 0 saturated heterocycles. The molecule has 0 spiro atoms. The van der Waals surface area contributed by atoms with Gasteiger partial charge in [0.2, 0.25) is 5.91 Å². The first-order chi connectivity index (χ1) is 10.2. The summed E-state index contributed by atoms with van der Waals surface area (Å²) in [6, 6.07) is 4.31. The second-order valence-electron chi connectivity index (χ2n) is 5.89. The van der Waals surface area contributed by atoms with E-state index in [4.69, 9.17) is 10.5 Å². The van der Waals surface area contributed by atoms with Gasteiger partial charge in [-0.05, 0) is 24.3 Å². The van der Waals surface area contributed by atoms with Gasteiger partial charge in [-0.2, -0.15) is 0 Å². The van der Waals surface area contributed by atoms with Gasteiger partial charge in [-0.15, -0.1) is 23.7 Å². The van der Waals surface area contributed by atoms with Crippen molar-refractivity contribution in [2.75, 3.05) is 20.2 Å². The fourth-order valence-electron chi connectivity index (χ4n) is 3.13. The van der Waals surface area contributed by atoms with Gasteiger partial charge < -0.3 is 15.8 Å². The molecule has 0 aliphatic heterocycles. The lowest BCUT2D eigenvalue weighted by atomic mass is 9.73. The van der Waals surface area contributed by atoms with Gasteiger partial charge in [0.15, 0.2) is 0 Å². The molecule has 0 aromatic carbocycles. The lowest BCUT2D eigenvalue weighted by Crippen LogP contribution is -2.43. The number of amides is 1. The van der Waals surface area contributed by atoms with Crippen LogP contribution in [0.15, 0.2) is 17.5 Å². The summed E-state index contributed by atoms with van der Waals surface area (Å²) in [6.07, 6.45) is 6.28. The number of carbonyl (C=O) groups is 1. The number of hydrogen-bond acceptors (Lipinski definition) is 4. The van der Waals surface area contributed by atoms with E-state index in [-0.39, 0.29) is 29.8 Å². The molecule has 22 heavy (non-hydrogen) atoms. The minimum absolute atomic E-state index is 0. The van der Waals surface area contributed by atoms with Crippen LogP contribution in [0.1, 0.15) is 43.4 Å². The highest BCUT2D eigenvalue weighted by Gasteiger charge is 2.35. The summed E-state index contributed by atoms with van der Waals surface area (Å²) < 4.78 is 5.18. The molecule has 126 valence electrons. The van der Waals surface area contributed by atoms with Crippen LogP contribution in [-0.4, -0.2) is 32.2 Å². The smallest absolute Gasteiger partial charge is 0.222 e. The molecule has 1 fully saturated rings. The second-order valence-corrected chi connectivity index (χ2v) is 6.84. The Hall–Kier alpha value is -0.620. The monoisotopic (exact) mass is 346 g/mol. The van der Waals surface area contributed by atoms with Crippen LogP contribution in [0, 0.1) is 0 Å². The molecule has 1 aromatic rings. The summed E-state index contributed by atoms with van der Waals surface area (Å²) in [6.45, 7) is 1.10.